The van der Waals surface area contributed by atoms with Gasteiger partial charge >= 0.3 is 0 Å². The third-order valence-electron chi connectivity index (χ3n) is 6.24. The van der Waals surface area contributed by atoms with Crippen LogP contribution in [0.5, 0.6) is 0 Å². The first kappa shape index (κ1) is 17.5. The Hall–Kier alpha value is -0.890. The van der Waals surface area contributed by atoms with E-state index in [1.54, 1.807) is 0 Å². The Morgan fingerprint density at radius 2 is 2.00 bits per heavy atom. The zero-order valence-corrected chi connectivity index (χ0v) is 14.9. The Labute approximate surface area is 135 Å². The highest BCUT2D eigenvalue weighted by Gasteiger charge is 2.55. The Bertz CT molecular complexity index is 488. The van der Waals surface area contributed by atoms with Gasteiger partial charge in [-0.05, 0) is 43.9 Å². The van der Waals surface area contributed by atoms with Crippen molar-refractivity contribution in [3.8, 4) is 0 Å². The summed E-state index contributed by atoms with van der Waals surface area (Å²) in [5.41, 5.74) is 0.682. The molecule has 2 aliphatic carbocycles. The molecule has 0 bridgehead atoms. The average Bonchev–Trinajstić information content (AvgIpc) is 2.70. The fraction of sp³-hybridized carbons (Fsp3) is 0.750. The van der Waals surface area contributed by atoms with Gasteiger partial charge in [-0.1, -0.05) is 51.5 Å². The molecule has 0 saturated heterocycles. The first-order chi connectivity index (χ1) is 10.2. The number of carbonyl (C=O) groups is 1. The van der Waals surface area contributed by atoms with Gasteiger partial charge in [0.05, 0.1) is 5.60 Å². The van der Waals surface area contributed by atoms with Crippen LogP contribution in [0.1, 0.15) is 66.7 Å². The molecule has 124 valence electrons. The van der Waals surface area contributed by atoms with Gasteiger partial charge in [-0.3, -0.25) is 4.79 Å². The van der Waals surface area contributed by atoms with Crippen LogP contribution in [0.2, 0.25) is 0 Å². The molecule has 0 radical (unpaired) electrons. The van der Waals surface area contributed by atoms with Gasteiger partial charge in [0, 0.05) is 18.3 Å². The molecule has 0 amide bonds. The van der Waals surface area contributed by atoms with Gasteiger partial charge in [0.1, 0.15) is 5.78 Å². The van der Waals surface area contributed by atoms with E-state index < -0.39 is 5.60 Å². The summed E-state index contributed by atoms with van der Waals surface area (Å²) in [4.78, 5) is 12.6. The van der Waals surface area contributed by atoms with Crippen molar-refractivity contribution in [3.05, 3.63) is 23.8 Å². The monoisotopic (exact) mass is 304 g/mol. The van der Waals surface area contributed by atoms with E-state index in [4.69, 9.17) is 0 Å². The molecule has 2 nitrogen and oxygen atoms in total. The van der Waals surface area contributed by atoms with E-state index in [1.807, 2.05) is 13.0 Å². The third kappa shape index (κ3) is 3.22. The van der Waals surface area contributed by atoms with Crippen molar-refractivity contribution < 1.29 is 9.90 Å². The molecule has 0 aliphatic heterocycles. The maximum Gasteiger partial charge on any atom is 0.139 e. The zero-order valence-electron chi connectivity index (χ0n) is 14.9. The van der Waals surface area contributed by atoms with Crippen molar-refractivity contribution in [1.29, 1.82) is 0 Å². The van der Waals surface area contributed by atoms with Crippen LogP contribution < -0.4 is 0 Å². The summed E-state index contributed by atoms with van der Waals surface area (Å²) in [7, 11) is 0. The molecule has 2 rings (SSSR count). The number of aliphatic hydroxyl groups is 1. The van der Waals surface area contributed by atoms with E-state index in [0.29, 0.717) is 6.42 Å². The van der Waals surface area contributed by atoms with Crippen molar-refractivity contribution >= 4 is 5.78 Å². The van der Waals surface area contributed by atoms with Crippen LogP contribution in [0.25, 0.3) is 0 Å². The summed E-state index contributed by atoms with van der Waals surface area (Å²) in [5.74, 6) is 0.471. The molecule has 0 heterocycles. The fourth-order valence-electron chi connectivity index (χ4n) is 4.24. The summed E-state index contributed by atoms with van der Waals surface area (Å²) >= 11 is 0. The number of Topliss-reactive ketones (excluding diaryl/α,β-unsaturated/α-hetero) is 1. The van der Waals surface area contributed by atoms with E-state index in [0.717, 1.165) is 25.7 Å². The minimum Gasteiger partial charge on any atom is -0.389 e. The second-order valence-corrected chi connectivity index (χ2v) is 8.20. The lowest BCUT2D eigenvalue weighted by Gasteiger charge is -2.40. The summed E-state index contributed by atoms with van der Waals surface area (Å²) in [6.07, 6.45) is 10.7. The number of hydrogen-bond donors (Lipinski definition) is 1. The summed E-state index contributed by atoms with van der Waals surface area (Å²) in [6, 6.07) is 0. The number of rotatable bonds is 1. The molecule has 0 aromatic carbocycles. The molecule has 4 atom stereocenters. The van der Waals surface area contributed by atoms with Gasteiger partial charge in [-0.2, -0.15) is 0 Å². The van der Waals surface area contributed by atoms with E-state index in [-0.39, 0.29) is 29.0 Å². The quantitative estimate of drug-likeness (QED) is 0.714. The van der Waals surface area contributed by atoms with Crippen LogP contribution in [0.15, 0.2) is 23.8 Å². The first-order valence-corrected chi connectivity index (χ1v) is 8.76. The lowest BCUT2D eigenvalue weighted by molar-refractivity contribution is -0.128. The third-order valence-corrected chi connectivity index (χ3v) is 6.24. The highest BCUT2D eigenvalue weighted by Crippen LogP contribution is 2.56. The van der Waals surface area contributed by atoms with Gasteiger partial charge in [-0.25, -0.2) is 0 Å². The maximum atomic E-state index is 12.6. The number of fused-ring (bicyclic) bond motifs is 1. The number of hydrogen-bond acceptors (Lipinski definition) is 2. The predicted molar refractivity (Wildman–Crippen MR) is 91.5 cm³/mol. The Morgan fingerprint density at radius 3 is 2.64 bits per heavy atom. The first-order valence-electron chi connectivity index (χ1n) is 8.76. The van der Waals surface area contributed by atoms with Gasteiger partial charge < -0.3 is 5.11 Å². The van der Waals surface area contributed by atoms with E-state index in [1.165, 1.54) is 5.57 Å². The Morgan fingerprint density at radius 1 is 1.32 bits per heavy atom. The summed E-state index contributed by atoms with van der Waals surface area (Å²) < 4.78 is 0. The normalized spacial score (nSPS) is 44.1. The van der Waals surface area contributed by atoms with Crippen LogP contribution >= 0.6 is 0 Å². The van der Waals surface area contributed by atoms with Gasteiger partial charge in [0.15, 0.2) is 0 Å². The van der Waals surface area contributed by atoms with E-state index in [2.05, 4.69) is 39.8 Å². The Kier molecular flexibility index (Phi) is 5.01. The lowest BCUT2D eigenvalue weighted by atomic mass is 9.67. The minimum atomic E-state index is -0.705. The zero-order chi connectivity index (χ0) is 16.5. The van der Waals surface area contributed by atoms with Crippen LogP contribution in [0, 0.1) is 23.2 Å². The highest BCUT2D eigenvalue weighted by molar-refractivity contribution is 5.82. The Balaban J connectivity index is 2.40. The largest absolute Gasteiger partial charge is 0.389 e. The molecular weight excluding hydrogens is 272 g/mol. The number of allylic oxidation sites excluding steroid dienone is 4. The summed E-state index contributed by atoms with van der Waals surface area (Å²) in [6.45, 7) is 10.6. The standard InChI is InChI=1S/C20H32O2/c1-14(2)20(22)12-11-19(5)10-9-15(3)7-6-8-16(4)17(21)13-18(19)20/h6,8-9,14,16,18,22H,7,10-13H2,1-5H3/b8-6-,15-9+/t16-,18+,19-,20+/m0/s1. The molecule has 0 unspecified atom stereocenters. The maximum absolute atomic E-state index is 12.6. The van der Waals surface area contributed by atoms with Crippen LogP contribution in [-0.4, -0.2) is 16.5 Å². The smallest absolute Gasteiger partial charge is 0.139 e. The molecule has 1 saturated carbocycles. The van der Waals surface area contributed by atoms with Crippen molar-refractivity contribution in [3.63, 3.8) is 0 Å². The molecule has 0 spiro atoms. The topological polar surface area (TPSA) is 37.3 Å². The summed E-state index contributed by atoms with van der Waals surface area (Å²) in [5, 5.41) is 11.3. The van der Waals surface area contributed by atoms with E-state index in [9.17, 15) is 9.90 Å². The molecule has 2 aliphatic rings. The van der Waals surface area contributed by atoms with Gasteiger partial charge in [-0.15, -0.1) is 0 Å². The molecule has 1 N–H and O–H groups in total. The van der Waals surface area contributed by atoms with Crippen molar-refractivity contribution in [2.45, 2.75) is 72.3 Å². The minimum absolute atomic E-state index is 0.0278. The second-order valence-electron chi connectivity index (χ2n) is 8.20. The molecular formula is C20H32O2. The average molecular weight is 304 g/mol. The molecule has 0 aromatic rings. The molecule has 2 heteroatoms. The number of ketones is 1. The highest BCUT2D eigenvalue weighted by atomic mass is 16.3. The fourth-order valence-corrected chi connectivity index (χ4v) is 4.24. The SMILES string of the molecule is C/C1=C\C[C@@]2(C)CC[C@@](O)(C(C)C)[C@@H]2CC(=O)[C@@H](C)/C=C\C1. The molecule has 1 fully saturated rings. The van der Waals surface area contributed by atoms with E-state index >= 15 is 0 Å². The van der Waals surface area contributed by atoms with Crippen molar-refractivity contribution in [2.75, 3.05) is 0 Å². The lowest BCUT2D eigenvalue weighted by Crippen LogP contribution is -2.44. The predicted octanol–water partition coefficient (Wildman–Crippen LogP) is 4.68. The van der Waals surface area contributed by atoms with Gasteiger partial charge in [0.2, 0.25) is 0 Å². The van der Waals surface area contributed by atoms with Crippen molar-refractivity contribution in [2.24, 2.45) is 23.2 Å². The number of carbonyl (C=O) groups excluding carboxylic acids is 1. The molecule has 0 aromatic heterocycles. The second kappa shape index (κ2) is 6.31. The van der Waals surface area contributed by atoms with Gasteiger partial charge in [0.25, 0.3) is 0 Å². The van der Waals surface area contributed by atoms with Crippen molar-refractivity contribution in [1.82, 2.24) is 0 Å². The molecule has 22 heavy (non-hydrogen) atoms. The van der Waals surface area contributed by atoms with Crippen LogP contribution in [0.4, 0.5) is 0 Å². The van der Waals surface area contributed by atoms with Crippen LogP contribution in [-0.2, 0) is 4.79 Å². The van der Waals surface area contributed by atoms with Crippen LogP contribution in [0.3, 0.4) is 0 Å².